The van der Waals surface area contributed by atoms with Crippen molar-refractivity contribution < 1.29 is 19.1 Å². The van der Waals surface area contributed by atoms with E-state index in [1.165, 1.54) is 6.92 Å². The topological polar surface area (TPSA) is 64.6 Å². The molecule has 0 aliphatic rings. The first-order chi connectivity index (χ1) is 11.5. The van der Waals surface area contributed by atoms with E-state index in [1.807, 2.05) is 19.1 Å². The van der Waals surface area contributed by atoms with E-state index in [1.54, 1.807) is 38.5 Å². The maximum atomic E-state index is 12.3. The van der Waals surface area contributed by atoms with Crippen LogP contribution < -0.4 is 14.8 Å². The minimum absolute atomic E-state index is 0.0565. The lowest BCUT2D eigenvalue weighted by Gasteiger charge is -2.12. The second kappa shape index (κ2) is 7.64. The lowest BCUT2D eigenvalue weighted by atomic mass is 10.0. The largest absolute Gasteiger partial charge is 0.497 e. The standard InChI is InChI=1S/C19H21NO4/c1-12-5-6-14(9-17(12)13(2)21)19(22)20-11-15-7-8-16(23-3)10-18(15)24-4/h5-10H,11H2,1-4H3,(H,20,22). The molecule has 0 aliphatic heterocycles. The van der Waals surface area contributed by atoms with Crippen LogP contribution in [0.2, 0.25) is 0 Å². The quantitative estimate of drug-likeness (QED) is 0.828. The summed E-state index contributed by atoms with van der Waals surface area (Å²) in [4.78, 5) is 23.9. The number of carbonyl (C=O) groups excluding carboxylic acids is 2. The molecule has 0 saturated carbocycles. The number of carbonyl (C=O) groups is 2. The Morgan fingerprint density at radius 3 is 2.42 bits per heavy atom. The second-order valence-electron chi connectivity index (χ2n) is 5.45. The zero-order chi connectivity index (χ0) is 17.7. The van der Waals surface area contributed by atoms with Gasteiger partial charge in [0.2, 0.25) is 0 Å². The van der Waals surface area contributed by atoms with Gasteiger partial charge in [-0.15, -0.1) is 0 Å². The fourth-order valence-electron chi connectivity index (χ4n) is 2.42. The van der Waals surface area contributed by atoms with E-state index in [0.29, 0.717) is 29.2 Å². The van der Waals surface area contributed by atoms with Gasteiger partial charge >= 0.3 is 0 Å². The zero-order valence-corrected chi connectivity index (χ0v) is 14.3. The SMILES string of the molecule is COc1ccc(CNC(=O)c2ccc(C)c(C(C)=O)c2)c(OC)c1. The van der Waals surface area contributed by atoms with Crippen molar-refractivity contribution in [3.8, 4) is 11.5 Å². The number of hydrogen-bond acceptors (Lipinski definition) is 4. The first kappa shape index (κ1) is 17.5. The summed E-state index contributed by atoms with van der Waals surface area (Å²) in [5.74, 6) is 1.03. The summed E-state index contributed by atoms with van der Waals surface area (Å²) in [5, 5.41) is 2.84. The van der Waals surface area contributed by atoms with Gasteiger partial charge in [0, 0.05) is 29.3 Å². The molecule has 5 nitrogen and oxygen atoms in total. The van der Waals surface area contributed by atoms with Crippen LogP contribution >= 0.6 is 0 Å². The average Bonchev–Trinajstić information content (AvgIpc) is 2.59. The van der Waals surface area contributed by atoms with Crippen molar-refractivity contribution in [1.29, 1.82) is 0 Å². The van der Waals surface area contributed by atoms with Crippen LogP contribution in [0.3, 0.4) is 0 Å². The lowest BCUT2D eigenvalue weighted by Crippen LogP contribution is -2.23. The maximum Gasteiger partial charge on any atom is 0.251 e. The molecule has 0 atom stereocenters. The monoisotopic (exact) mass is 327 g/mol. The zero-order valence-electron chi connectivity index (χ0n) is 14.3. The molecular formula is C19H21NO4. The van der Waals surface area contributed by atoms with Gasteiger partial charge in [-0.3, -0.25) is 9.59 Å². The lowest BCUT2D eigenvalue weighted by molar-refractivity contribution is 0.0950. The molecule has 0 fully saturated rings. The molecule has 0 aromatic heterocycles. The number of benzene rings is 2. The molecule has 0 heterocycles. The van der Waals surface area contributed by atoms with E-state index in [2.05, 4.69) is 5.32 Å². The van der Waals surface area contributed by atoms with Crippen LogP contribution in [-0.4, -0.2) is 25.9 Å². The average molecular weight is 327 g/mol. The molecule has 0 spiro atoms. The highest BCUT2D eigenvalue weighted by Gasteiger charge is 2.12. The third-order valence-electron chi connectivity index (χ3n) is 3.81. The van der Waals surface area contributed by atoms with Crippen molar-refractivity contribution >= 4 is 11.7 Å². The fourth-order valence-corrected chi connectivity index (χ4v) is 2.42. The van der Waals surface area contributed by atoms with Crippen LogP contribution in [0.5, 0.6) is 11.5 Å². The van der Waals surface area contributed by atoms with Crippen LogP contribution in [-0.2, 0) is 6.54 Å². The molecule has 24 heavy (non-hydrogen) atoms. The van der Waals surface area contributed by atoms with Gasteiger partial charge in [0.25, 0.3) is 5.91 Å². The van der Waals surface area contributed by atoms with Crippen molar-refractivity contribution in [2.45, 2.75) is 20.4 Å². The predicted octanol–water partition coefficient (Wildman–Crippen LogP) is 3.14. The van der Waals surface area contributed by atoms with E-state index in [4.69, 9.17) is 9.47 Å². The number of Topliss-reactive ketones (excluding diaryl/α,β-unsaturated/α-hetero) is 1. The normalized spacial score (nSPS) is 10.2. The van der Waals surface area contributed by atoms with Crippen molar-refractivity contribution in [3.63, 3.8) is 0 Å². The number of aryl methyl sites for hydroxylation is 1. The van der Waals surface area contributed by atoms with E-state index >= 15 is 0 Å². The van der Waals surface area contributed by atoms with Gasteiger partial charge in [-0.1, -0.05) is 6.07 Å². The molecule has 0 bridgehead atoms. The summed E-state index contributed by atoms with van der Waals surface area (Å²) in [6.45, 7) is 3.65. The number of hydrogen-bond donors (Lipinski definition) is 1. The van der Waals surface area contributed by atoms with Gasteiger partial charge < -0.3 is 14.8 Å². The Kier molecular flexibility index (Phi) is 5.58. The Morgan fingerprint density at radius 1 is 1.04 bits per heavy atom. The molecule has 0 unspecified atom stereocenters. The second-order valence-corrected chi connectivity index (χ2v) is 5.45. The Labute approximate surface area is 141 Å². The molecular weight excluding hydrogens is 306 g/mol. The fraction of sp³-hybridized carbons (Fsp3) is 0.263. The van der Waals surface area contributed by atoms with Crippen molar-refractivity contribution in [1.82, 2.24) is 5.32 Å². The predicted molar refractivity (Wildman–Crippen MR) is 91.9 cm³/mol. The number of amides is 1. The first-order valence-corrected chi connectivity index (χ1v) is 7.57. The van der Waals surface area contributed by atoms with Gasteiger partial charge in [-0.05, 0) is 43.7 Å². The summed E-state index contributed by atoms with van der Waals surface area (Å²) in [5.41, 5.74) is 2.71. The van der Waals surface area contributed by atoms with Crippen LogP contribution in [0.1, 0.15) is 38.8 Å². The Morgan fingerprint density at radius 2 is 1.79 bits per heavy atom. The van der Waals surface area contributed by atoms with Crippen LogP contribution in [0.4, 0.5) is 0 Å². The molecule has 1 N–H and O–H groups in total. The summed E-state index contributed by atoms with van der Waals surface area (Å²) in [6.07, 6.45) is 0. The van der Waals surface area contributed by atoms with Crippen molar-refractivity contribution in [3.05, 3.63) is 58.7 Å². The van der Waals surface area contributed by atoms with E-state index in [9.17, 15) is 9.59 Å². The molecule has 5 heteroatoms. The number of ether oxygens (including phenoxy) is 2. The van der Waals surface area contributed by atoms with Crippen molar-refractivity contribution in [2.24, 2.45) is 0 Å². The van der Waals surface area contributed by atoms with Gasteiger partial charge in [0.15, 0.2) is 5.78 Å². The van der Waals surface area contributed by atoms with E-state index < -0.39 is 0 Å². The molecule has 1 amide bonds. The Balaban J connectivity index is 2.14. The molecule has 2 aromatic rings. The summed E-state index contributed by atoms with van der Waals surface area (Å²) in [7, 11) is 3.15. The minimum Gasteiger partial charge on any atom is -0.497 e. The third kappa shape index (κ3) is 3.93. The molecule has 2 aromatic carbocycles. The van der Waals surface area contributed by atoms with Crippen molar-refractivity contribution in [2.75, 3.05) is 14.2 Å². The molecule has 2 rings (SSSR count). The van der Waals surface area contributed by atoms with Gasteiger partial charge in [-0.25, -0.2) is 0 Å². The smallest absolute Gasteiger partial charge is 0.251 e. The van der Waals surface area contributed by atoms with E-state index in [0.717, 1.165) is 11.1 Å². The molecule has 0 aliphatic carbocycles. The summed E-state index contributed by atoms with van der Waals surface area (Å²) in [6, 6.07) is 10.5. The summed E-state index contributed by atoms with van der Waals surface area (Å²) < 4.78 is 10.5. The highest BCUT2D eigenvalue weighted by atomic mass is 16.5. The molecule has 0 saturated heterocycles. The maximum absolute atomic E-state index is 12.3. The molecule has 0 radical (unpaired) electrons. The highest BCUT2D eigenvalue weighted by molar-refractivity contribution is 6.00. The van der Waals surface area contributed by atoms with Gasteiger partial charge in [0.1, 0.15) is 11.5 Å². The Hall–Kier alpha value is -2.82. The van der Waals surface area contributed by atoms with E-state index in [-0.39, 0.29) is 11.7 Å². The summed E-state index contributed by atoms with van der Waals surface area (Å²) >= 11 is 0. The third-order valence-corrected chi connectivity index (χ3v) is 3.81. The van der Waals surface area contributed by atoms with Crippen LogP contribution in [0.25, 0.3) is 0 Å². The van der Waals surface area contributed by atoms with Gasteiger partial charge in [0.05, 0.1) is 14.2 Å². The number of methoxy groups -OCH3 is 2. The van der Waals surface area contributed by atoms with Crippen LogP contribution in [0, 0.1) is 6.92 Å². The minimum atomic E-state index is -0.240. The first-order valence-electron chi connectivity index (χ1n) is 7.57. The number of ketones is 1. The number of nitrogens with one attached hydrogen (secondary N) is 1. The highest BCUT2D eigenvalue weighted by Crippen LogP contribution is 2.24. The molecule has 126 valence electrons. The van der Waals surface area contributed by atoms with Crippen LogP contribution in [0.15, 0.2) is 36.4 Å². The Bertz CT molecular complexity index is 768. The van der Waals surface area contributed by atoms with Gasteiger partial charge in [-0.2, -0.15) is 0 Å². The number of rotatable bonds is 6.